The van der Waals surface area contributed by atoms with Gasteiger partial charge in [-0.05, 0) is 31.0 Å². The van der Waals surface area contributed by atoms with E-state index in [0.717, 1.165) is 12.8 Å². The molecule has 6 heteroatoms. The van der Waals surface area contributed by atoms with E-state index in [4.69, 9.17) is 15.2 Å². The molecule has 0 spiro atoms. The van der Waals surface area contributed by atoms with Crippen LogP contribution in [-0.4, -0.2) is 38.3 Å². The van der Waals surface area contributed by atoms with E-state index < -0.39 is 11.4 Å². The molecule has 3 N–H and O–H groups in total. The first-order valence-electron chi connectivity index (χ1n) is 7.88. The third-order valence-electron chi connectivity index (χ3n) is 4.01. The number of nitrogens with two attached hydrogens (primary N) is 1. The van der Waals surface area contributed by atoms with Crippen molar-refractivity contribution in [2.24, 2.45) is 5.73 Å². The van der Waals surface area contributed by atoms with Gasteiger partial charge in [-0.2, -0.15) is 0 Å². The lowest BCUT2D eigenvalue weighted by Gasteiger charge is -2.26. The molecular weight excluding hydrogens is 299 g/mol. The largest absolute Gasteiger partial charge is 0.382 e. The van der Waals surface area contributed by atoms with E-state index in [2.05, 4.69) is 5.32 Å². The lowest BCUT2D eigenvalue weighted by atomic mass is 9.94. The summed E-state index contributed by atoms with van der Waals surface area (Å²) >= 11 is 0. The first-order valence-corrected chi connectivity index (χ1v) is 7.88. The second-order valence-corrected chi connectivity index (χ2v) is 5.60. The normalized spacial score (nSPS) is 11.5. The highest BCUT2D eigenvalue weighted by atomic mass is 19.1. The number of rotatable bonds is 10. The zero-order chi connectivity index (χ0) is 17.3. The van der Waals surface area contributed by atoms with Gasteiger partial charge < -0.3 is 20.5 Å². The fourth-order valence-electron chi connectivity index (χ4n) is 2.01. The molecule has 0 aliphatic carbocycles. The topological polar surface area (TPSA) is 73.6 Å². The minimum atomic E-state index is -0.415. The standard InChI is InChI=1S/C17H27FN2O3/c1-4-17(19,5-2)12-20-16(21)13-6-7-15(18)14(10-13)11-23-9-8-22-3/h6-7,10H,4-5,8-9,11-12,19H2,1-3H3,(H,20,21). The molecule has 0 saturated heterocycles. The lowest BCUT2D eigenvalue weighted by Crippen LogP contribution is -2.49. The Morgan fingerprint density at radius 1 is 1.30 bits per heavy atom. The Balaban J connectivity index is 2.67. The molecule has 5 nitrogen and oxygen atoms in total. The number of benzene rings is 1. The SMILES string of the molecule is CCC(N)(CC)CNC(=O)c1ccc(F)c(COCCOC)c1. The van der Waals surface area contributed by atoms with Gasteiger partial charge >= 0.3 is 0 Å². The maximum atomic E-state index is 13.8. The molecule has 0 fully saturated rings. The van der Waals surface area contributed by atoms with E-state index in [-0.39, 0.29) is 12.5 Å². The van der Waals surface area contributed by atoms with Gasteiger partial charge in [0.05, 0.1) is 19.8 Å². The number of halogens is 1. The van der Waals surface area contributed by atoms with Crippen molar-refractivity contribution in [3.05, 3.63) is 35.1 Å². The van der Waals surface area contributed by atoms with Gasteiger partial charge in [-0.1, -0.05) is 13.8 Å². The fourth-order valence-corrected chi connectivity index (χ4v) is 2.01. The van der Waals surface area contributed by atoms with Crippen molar-refractivity contribution in [1.82, 2.24) is 5.32 Å². The van der Waals surface area contributed by atoms with Crippen molar-refractivity contribution in [2.45, 2.75) is 38.8 Å². The van der Waals surface area contributed by atoms with Crippen molar-refractivity contribution in [3.8, 4) is 0 Å². The molecule has 0 atom stereocenters. The third-order valence-corrected chi connectivity index (χ3v) is 4.01. The number of ether oxygens (including phenoxy) is 2. The Kier molecular flexibility index (Phi) is 8.16. The van der Waals surface area contributed by atoms with Crippen molar-refractivity contribution >= 4 is 5.91 Å². The van der Waals surface area contributed by atoms with E-state index in [1.807, 2.05) is 13.8 Å². The second kappa shape index (κ2) is 9.60. The van der Waals surface area contributed by atoms with Gasteiger partial charge in [-0.25, -0.2) is 4.39 Å². The Morgan fingerprint density at radius 3 is 2.61 bits per heavy atom. The van der Waals surface area contributed by atoms with Crippen LogP contribution < -0.4 is 11.1 Å². The average Bonchev–Trinajstić information content (AvgIpc) is 2.57. The first-order chi connectivity index (χ1) is 11.0. The summed E-state index contributed by atoms with van der Waals surface area (Å²) in [7, 11) is 1.57. The molecule has 0 heterocycles. The molecule has 0 aromatic heterocycles. The van der Waals surface area contributed by atoms with Crippen LogP contribution in [0.25, 0.3) is 0 Å². The van der Waals surface area contributed by atoms with Gasteiger partial charge in [-0.3, -0.25) is 4.79 Å². The molecule has 23 heavy (non-hydrogen) atoms. The number of amides is 1. The van der Waals surface area contributed by atoms with E-state index in [0.29, 0.717) is 30.9 Å². The van der Waals surface area contributed by atoms with Crippen molar-refractivity contribution < 1.29 is 18.7 Å². The van der Waals surface area contributed by atoms with Crippen LogP contribution in [0, 0.1) is 5.82 Å². The summed E-state index contributed by atoms with van der Waals surface area (Å²) in [6.07, 6.45) is 1.54. The second-order valence-electron chi connectivity index (χ2n) is 5.60. The van der Waals surface area contributed by atoms with Gasteiger partial charge in [0.15, 0.2) is 0 Å². The molecule has 1 aromatic carbocycles. The summed E-state index contributed by atoms with van der Waals surface area (Å²) in [5.74, 6) is -0.658. The molecule has 1 aromatic rings. The molecule has 0 bridgehead atoms. The number of nitrogens with one attached hydrogen (secondary N) is 1. The van der Waals surface area contributed by atoms with Crippen LogP contribution in [0.4, 0.5) is 4.39 Å². The van der Waals surface area contributed by atoms with E-state index in [1.54, 1.807) is 7.11 Å². The highest BCUT2D eigenvalue weighted by molar-refractivity contribution is 5.94. The van der Waals surface area contributed by atoms with E-state index in [9.17, 15) is 9.18 Å². The van der Waals surface area contributed by atoms with Crippen LogP contribution in [0.3, 0.4) is 0 Å². The number of carbonyl (C=O) groups is 1. The van der Waals surface area contributed by atoms with E-state index in [1.165, 1.54) is 18.2 Å². The molecule has 0 aliphatic rings. The molecule has 0 radical (unpaired) electrons. The summed E-state index contributed by atoms with van der Waals surface area (Å²) < 4.78 is 23.9. The maximum Gasteiger partial charge on any atom is 0.251 e. The van der Waals surface area contributed by atoms with E-state index >= 15 is 0 Å². The van der Waals surface area contributed by atoms with Crippen LogP contribution in [0.5, 0.6) is 0 Å². The Hall–Kier alpha value is -1.50. The average molecular weight is 326 g/mol. The number of hydrogen-bond donors (Lipinski definition) is 2. The van der Waals surface area contributed by atoms with Crippen molar-refractivity contribution in [3.63, 3.8) is 0 Å². The van der Waals surface area contributed by atoms with Crippen LogP contribution in [0.1, 0.15) is 42.6 Å². The smallest absolute Gasteiger partial charge is 0.251 e. The van der Waals surface area contributed by atoms with Gasteiger partial charge in [-0.15, -0.1) is 0 Å². The molecule has 1 amide bonds. The highest BCUT2D eigenvalue weighted by Gasteiger charge is 2.21. The number of hydrogen-bond acceptors (Lipinski definition) is 4. The first kappa shape index (κ1) is 19.5. The predicted octanol–water partition coefficient (Wildman–Crippen LogP) is 2.24. The minimum absolute atomic E-state index is 0.0983. The lowest BCUT2D eigenvalue weighted by molar-refractivity contribution is 0.0604. The molecule has 0 aliphatic heterocycles. The summed E-state index contributed by atoms with van der Waals surface area (Å²) in [5.41, 5.74) is 6.49. The maximum absolute atomic E-state index is 13.8. The fraction of sp³-hybridized carbons (Fsp3) is 0.588. The molecule has 1 rings (SSSR count). The van der Waals surface area contributed by atoms with Gasteiger partial charge in [0.1, 0.15) is 5.82 Å². The molecule has 0 saturated carbocycles. The number of carbonyl (C=O) groups excluding carboxylic acids is 1. The Labute approximate surface area is 137 Å². The van der Waals surface area contributed by atoms with Crippen LogP contribution in [0.2, 0.25) is 0 Å². The molecule has 0 unspecified atom stereocenters. The van der Waals surface area contributed by atoms with Crippen LogP contribution in [0.15, 0.2) is 18.2 Å². The van der Waals surface area contributed by atoms with Gasteiger partial charge in [0.2, 0.25) is 0 Å². The third kappa shape index (κ3) is 6.25. The zero-order valence-electron chi connectivity index (χ0n) is 14.2. The van der Waals surface area contributed by atoms with Crippen LogP contribution in [-0.2, 0) is 16.1 Å². The van der Waals surface area contributed by atoms with Crippen molar-refractivity contribution in [1.29, 1.82) is 0 Å². The molecular formula is C17H27FN2O3. The van der Waals surface area contributed by atoms with Gasteiger partial charge in [0, 0.05) is 30.3 Å². The minimum Gasteiger partial charge on any atom is -0.382 e. The molecule has 130 valence electrons. The monoisotopic (exact) mass is 326 g/mol. The predicted molar refractivity (Wildman–Crippen MR) is 87.8 cm³/mol. The number of methoxy groups -OCH3 is 1. The quantitative estimate of drug-likeness (QED) is 0.647. The van der Waals surface area contributed by atoms with Crippen molar-refractivity contribution in [2.75, 3.05) is 26.9 Å². The van der Waals surface area contributed by atoms with Gasteiger partial charge in [0.25, 0.3) is 5.91 Å². The Morgan fingerprint density at radius 2 is 2.00 bits per heavy atom. The summed E-state index contributed by atoms with van der Waals surface area (Å²) in [4.78, 5) is 12.2. The summed E-state index contributed by atoms with van der Waals surface area (Å²) in [6.45, 7) is 5.27. The summed E-state index contributed by atoms with van der Waals surface area (Å²) in [5, 5.41) is 2.82. The highest BCUT2D eigenvalue weighted by Crippen LogP contribution is 2.13. The zero-order valence-corrected chi connectivity index (χ0v) is 14.2. The Bertz CT molecular complexity index is 505. The van der Waals surface area contributed by atoms with Crippen LogP contribution >= 0.6 is 0 Å². The summed E-state index contributed by atoms with van der Waals surface area (Å²) in [6, 6.07) is 4.24.